The maximum absolute atomic E-state index is 12.8. The first kappa shape index (κ1) is 104. The number of primary amides is 5. The predicted octanol–water partition coefficient (Wildman–Crippen LogP) is 9.74. The quantitative estimate of drug-likeness (QED) is 0.0138. The van der Waals surface area contributed by atoms with Gasteiger partial charge in [0.25, 0.3) is 11.8 Å². The number of rotatable bonds is 33. The molecule has 10 amide bonds. The number of amides is 10. The van der Waals surface area contributed by atoms with Gasteiger partial charge in [0, 0.05) is 62.5 Å². The van der Waals surface area contributed by atoms with Crippen molar-refractivity contribution in [3.8, 4) is 11.1 Å². The van der Waals surface area contributed by atoms with Gasteiger partial charge in [-0.3, -0.25) is 47.9 Å². The number of carbonyl (C=O) groups is 10. The molecular weight excluding hydrogens is 1580 g/mol. The zero-order valence-electron chi connectivity index (χ0n) is 76.8. The number of fused-ring (bicyclic) bond motifs is 1. The molecule has 124 heavy (non-hydrogen) atoms. The van der Waals surface area contributed by atoms with Crippen molar-refractivity contribution in [1.29, 1.82) is 0 Å². The first-order valence-corrected chi connectivity index (χ1v) is 42.8. The molecule has 5 atom stereocenters. The van der Waals surface area contributed by atoms with E-state index in [0.717, 1.165) is 60.4 Å². The molecule has 0 radical (unpaired) electrons. The van der Waals surface area contributed by atoms with E-state index < -0.39 is 151 Å². The number of carbonyl (C=O) groups excluding carboxylic acids is 10. The van der Waals surface area contributed by atoms with Crippen LogP contribution in [0.5, 0.6) is 0 Å². The van der Waals surface area contributed by atoms with Gasteiger partial charge in [-0.05, 0) is 216 Å². The summed E-state index contributed by atoms with van der Waals surface area (Å²) in [6, 6.07) is 40.5. The molecule has 0 aromatic heterocycles. The summed E-state index contributed by atoms with van der Waals surface area (Å²) in [5.74, 6) is -6.64. The largest absolute Gasteiger partial charge is 0.482 e. The third-order valence-electron chi connectivity index (χ3n) is 24.2. The third kappa shape index (κ3) is 29.8. The van der Waals surface area contributed by atoms with Crippen molar-refractivity contribution < 1.29 is 94.5 Å². The lowest BCUT2D eigenvalue weighted by Gasteiger charge is -2.32. The molecule has 15 N–H and O–H groups in total. The van der Waals surface area contributed by atoms with E-state index in [1.807, 2.05) is 255 Å². The van der Waals surface area contributed by atoms with Gasteiger partial charge in [0.15, 0.2) is 0 Å². The van der Waals surface area contributed by atoms with Crippen molar-refractivity contribution in [2.24, 2.45) is 28.7 Å². The van der Waals surface area contributed by atoms with Gasteiger partial charge in [-0.1, -0.05) is 130 Å². The second-order valence-electron chi connectivity index (χ2n) is 37.2. The number of benzene rings is 5. The summed E-state index contributed by atoms with van der Waals surface area (Å²) in [4.78, 5) is 119. The van der Waals surface area contributed by atoms with Gasteiger partial charge in [-0.2, -0.15) is 0 Å². The van der Waals surface area contributed by atoms with Gasteiger partial charge in [0.2, 0.25) is 47.3 Å². The number of unbranched alkanes of at least 4 members (excludes halogenated alkanes) is 2. The molecule has 5 saturated heterocycles. The minimum atomic E-state index is -0.764. The number of nitrogens with two attached hydrogens (primary N) is 5. The van der Waals surface area contributed by atoms with Crippen molar-refractivity contribution in [1.82, 2.24) is 26.6 Å². The summed E-state index contributed by atoms with van der Waals surface area (Å²) in [6.07, 6.45) is 6.17. The molecule has 5 aromatic carbocycles. The topological polar surface area (TPSA) is 453 Å². The maximum Gasteiger partial charge on any atom is 0.482 e. The zero-order valence-corrected chi connectivity index (χ0v) is 76.8. The fourth-order valence-corrected chi connectivity index (χ4v) is 13.4. The third-order valence-corrected chi connectivity index (χ3v) is 24.2. The molecule has 0 bridgehead atoms. The minimum absolute atomic E-state index is 0.00363. The van der Waals surface area contributed by atoms with Crippen LogP contribution in [0, 0.1) is 0 Å². The van der Waals surface area contributed by atoms with Crippen molar-refractivity contribution in [3.05, 3.63) is 144 Å². The Morgan fingerprint density at radius 1 is 0.290 bits per heavy atom. The Hall–Kier alpha value is -9.02. The molecule has 0 saturated carbocycles. The zero-order chi connectivity index (χ0) is 92.9. The molecular formula is C89H135B5N10O20. The molecule has 5 aromatic rings. The average molecular weight is 1720 g/mol. The Morgan fingerprint density at radius 3 is 0.871 bits per heavy atom. The maximum atomic E-state index is 12.8. The summed E-state index contributed by atoms with van der Waals surface area (Å²) < 4.78 is 59.4. The molecule has 5 aliphatic rings. The van der Waals surface area contributed by atoms with Crippen molar-refractivity contribution >= 4 is 105 Å². The minimum Gasteiger partial charge on any atom is -0.402 e. The molecule has 5 aliphatic heterocycles. The Labute approximate surface area is 734 Å². The highest BCUT2D eigenvalue weighted by Crippen LogP contribution is 2.43. The molecule has 0 spiro atoms. The molecule has 10 rings (SSSR count). The highest BCUT2D eigenvalue weighted by molar-refractivity contribution is 6.50. The molecule has 676 valence electrons. The van der Waals surface area contributed by atoms with Gasteiger partial charge in [-0.15, -0.1) is 0 Å². The van der Waals surface area contributed by atoms with Crippen LogP contribution >= 0.6 is 0 Å². The highest BCUT2D eigenvalue weighted by atomic mass is 16.7. The molecule has 5 heterocycles. The monoisotopic (exact) mass is 1720 g/mol. The second kappa shape index (κ2) is 43.9. The molecule has 35 heteroatoms. The normalized spacial score (nSPS) is 19.6. The van der Waals surface area contributed by atoms with Gasteiger partial charge >= 0.3 is 35.6 Å². The van der Waals surface area contributed by atoms with E-state index in [4.69, 9.17) is 75.2 Å². The summed E-state index contributed by atoms with van der Waals surface area (Å²) in [7, 11) is -3.57. The van der Waals surface area contributed by atoms with E-state index >= 15 is 0 Å². The highest BCUT2D eigenvalue weighted by Gasteiger charge is 2.59. The van der Waals surface area contributed by atoms with Crippen molar-refractivity contribution in [2.75, 3.05) is 0 Å². The number of aryl methyl sites for hydroxylation is 1. The van der Waals surface area contributed by atoms with Crippen LogP contribution in [0.3, 0.4) is 0 Å². The van der Waals surface area contributed by atoms with Crippen LogP contribution in [0.2, 0.25) is 0 Å². The van der Waals surface area contributed by atoms with Crippen LogP contribution < -0.4 is 55.3 Å². The first-order chi connectivity index (χ1) is 57.5. The Balaban J connectivity index is 0.000000241. The molecule has 0 aliphatic carbocycles. The van der Waals surface area contributed by atoms with Crippen LogP contribution in [0.25, 0.3) is 21.9 Å². The number of nitrogens with one attached hydrogen (secondary N) is 5. The number of hydrogen-bond donors (Lipinski definition) is 10. The smallest absolute Gasteiger partial charge is 0.402 e. The summed E-state index contributed by atoms with van der Waals surface area (Å²) in [5, 5.41) is 16.2. The fourth-order valence-electron chi connectivity index (χ4n) is 13.4. The Kier molecular flexibility index (Phi) is 36.8. The van der Waals surface area contributed by atoms with Crippen molar-refractivity contribution in [2.45, 2.75) is 328 Å². The Morgan fingerprint density at radius 2 is 0.556 bits per heavy atom. The summed E-state index contributed by atoms with van der Waals surface area (Å²) in [5.41, 5.74) is 25.5. The SMILES string of the molecule is CC1(C)OB([C@@H](CC(N)=O)NC(=O)CCCc2ccccc2)OC1(C)C.CC1(C)OB([C@@H](CC(N)=O)NC(=O)c2ccc(-c3ccccc3)cc2)OC1(C)C.CC1(C)OB([C@@H](CC(N)=O)NC(=O)c2ccc3ccccc3c2)OC1(C)C.CCCC(=O)N[C@H](CC(N)=O)B1OC(C)(C)C(C)(C)O1.CCCCCC(=O)N[C@H](CC(N)=O)B1OC(C)(C)C(C)(C)O1. The van der Waals surface area contributed by atoms with Crippen LogP contribution in [0.1, 0.15) is 262 Å². The molecule has 30 nitrogen and oxygen atoms in total. The van der Waals surface area contributed by atoms with E-state index in [9.17, 15) is 47.9 Å². The standard InChI is InChI=1S/C22H27BN2O4.C20H25BN2O4.C19H29BN2O4.C15H29BN2O4.C13H25BN2O4/c1-21(2)22(3,4)29-23(28-21)18(14-19(24)26)25-20(27)17-12-10-16(11-13-17)15-8-6-5-7-9-15;1-19(2)20(3,4)27-21(26-19)16(12-17(22)24)23-18(25)15-10-9-13-7-5-6-8-14(13)11-15;1-18(2)19(3,4)26-20(25-18)15(13-16(21)23)22-17(24)12-8-11-14-9-6-5-7-10-14;1-6-7-8-9-13(20)18-11(10-12(17)19)16-21-14(2,3)15(4,5)22-16;1-6-7-11(18)16-9(8-10(15)17)14-19-12(2,3)13(4,5)20-14/h5-13,18H,14H2,1-4H3,(H2,24,26)(H,25,27);5-11,16H,12H2,1-4H3,(H2,22,24)(H,23,25);5-7,9-10,15H,8,11-13H2,1-4H3,(H2,21,23)(H,22,24);11H,6-10H2,1-5H3,(H2,17,19)(H,18,20);9H,6-8H2,1-5H3,(H2,15,17)(H,16,18)/t18-;16-;15-;11-;9-/m11111/s1. The molecule has 5 fully saturated rings. The Bertz CT molecular complexity index is 4360. The van der Waals surface area contributed by atoms with E-state index in [2.05, 4.69) is 33.5 Å². The lowest BCUT2D eigenvalue weighted by molar-refractivity contribution is -0.123. The van der Waals surface area contributed by atoms with Crippen LogP contribution in [-0.2, 0) is 91.3 Å². The van der Waals surface area contributed by atoms with Gasteiger partial charge in [-0.25, -0.2) is 0 Å². The van der Waals surface area contributed by atoms with E-state index in [-0.39, 0.29) is 61.6 Å². The molecule has 0 unspecified atom stereocenters. The van der Waals surface area contributed by atoms with Crippen LogP contribution in [0.4, 0.5) is 0 Å². The van der Waals surface area contributed by atoms with Crippen molar-refractivity contribution in [3.63, 3.8) is 0 Å². The van der Waals surface area contributed by atoms with Gasteiger partial charge in [0.1, 0.15) is 0 Å². The predicted molar refractivity (Wildman–Crippen MR) is 482 cm³/mol. The van der Waals surface area contributed by atoms with Crippen LogP contribution in [0.15, 0.2) is 127 Å². The summed E-state index contributed by atoms with van der Waals surface area (Å²) in [6.45, 7) is 42.4. The lowest BCUT2D eigenvalue weighted by atomic mass is 9.76. The average Bonchev–Trinajstić information content (AvgIpc) is 1.65. The van der Waals surface area contributed by atoms with Gasteiger partial charge in [0.05, 0.1) is 85.7 Å². The number of hydrogen-bond acceptors (Lipinski definition) is 20. The van der Waals surface area contributed by atoms with Crippen LogP contribution in [-0.4, -0.2) is 180 Å². The lowest BCUT2D eigenvalue weighted by Crippen LogP contribution is -2.50. The van der Waals surface area contributed by atoms with E-state index in [0.29, 0.717) is 30.4 Å². The van der Waals surface area contributed by atoms with Gasteiger partial charge < -0.3 is 102 Å². The fraction of sp³-hybridized carbons (Fsp3) is 0.573. The first-order valence-electron chi connectivity index (χ1n) is 42.8. The van der Waals surface area contributed by atoms with E-state index in [1.165, 1.54) is 5.56 Å². The van der Waals surface area contributed by atoms with E-state index in [1.54, 1.807) is 18.2 Å². The summed E-state index contributed by atoms with van der Waals surface area (Å²) >= 11 is 0. The second-order valence-corrected chi connectivity index (χ2v) is 37.2.